The molecule has 0 heterocycles. The average Bonchev–Trinajstić information content (AvgIpc) is 2.86. The fourth-order valence-corrected chi connectivity index (χ4v) is 4.15. The molecule has 0 N–H and O–H groups in total. The summed E-state index contributed by atoms with van der Waals surface area (Å²) in [6, 6.07) is 13.0. The fourth-order valence-electron chi connectivity index (χ4n) is 4.15. The summed E-state index contributed by atoms with van der Waals surface area (Å²) in [5.41, 5.74) is 0.816. The van der Waals surface area contributed by atoms with Gasteiger partial charge in [-0.25, -0.2) is 0 Å². The molecule has 0 bridgehead atoms. The van der Waals surface area contributed by atoms with Gasteiger partial charge in [-0.3, -0.25) is 0 Å². The summed E-state index contributed by atoms with van der Waals surface area (Å²) in [5.74, 6) is -4.47. The number of hydrogen-bond acceptors (Lipinski definition) is 10. The molecular formula is C34H52O10Ti. The SMILES string of the molecule is CC(C)OC([O-])c1ccccc1C([O-])(OC(C)C)OC(C)C.CC(C)OC([O-])c1ccccc1C([O-])(OC(C)C)OC(C)C.[Ti+4]. The van der Waals surface area contributed by atoms with Gasteiger partial charge in [0.05, 0.1) is 36.6 Å². The van der Waals surface area contributed by atoms with Crippen LogP contribution in [0, 0.1) is 0 Å². The fraction of sp³-hybridized carbons (Fsp3) is 0.647. The molecule has 0 aliphatic rings. The molecule has 0 radical (unpaired) electrons. The molecule has 11 heteroatoms. The molecule has 2 unspecified atom stereocenters. The Morgan fingerprint density at radius 2 is 0.689 bits per heavy atom. The average molecular weight is 669 g/mol. The van der Waals surface area contributed by atoms with Gasteiger partial charge >= 0.3 is 21.7 Å². The quantitative estimate of drug-likeness (QED) is 0.192. The first kappa shape index (κ1) is 43.8. The number of ether oxygens (including phenoxy) is 6. The third-order valence-electron chi connectivity index (χ3n) is 5.44. The van der Waals surface area contributed by atoms with Gasteiger partial charge in [0, 0.05) is 12.6 Å². The van der Waals surface area contributed by atoms with E-state index in [1.807, 2.05) is 0 Å². The second kappa shape index (κ2) is 20.2. The molecule has 0 aliphatic heterocycles. The van der Waals surface area contributed by atoms with Gasteiger partial charge in [-0.2, -0.15) is 0 Å². The summed E-state index contributed by atoms with van der Waals surface area (Å²) in [6.07, 6.45) is -4.80. The maximum atomic E-state index is 13.1. The van der Waals surface area contributed by atoms with Crippen LogP contribution in [0.5, 0.6) is 0 Å². The third kappa shape index (κ3) is 15.0. The largest absolute Gasteiger partial charge is 4.00 e. The van der Waals surface area contributed by atoms with Crippen LogP contribution in [0.1, 0.15) is 118 Å². The van der Waals surface area contributed by atoms with Crippen molar-refractivity contribution in [3.63, 3.8) is 0 Å². The van der Waals surface area contributed by atoms with E-state index < -0.39 is 24.5 Å². The molecule has 0 fully saturated rings. The summed E-state index contributed by atoms with van der Waals surface area (Å²) in [4.78, 5) is 0. The van der Waals surface area contributed by atoms with E-state index >= 15 is 0 Å². The molecule has 2 atom stereocenters. The Hall–Kier alpha value is -1.25. The first-order chi connectivity index (χ1) is 20.3. The zero-order chi connectivity index (χ0) is 33.8. The van der Waals surface area contributed by atoms with Gasteiger partial charge in [-0.05, 0) is 105 Å². The van der Waals surface area contributed by atoms with Gasteiger partial charge in [0.1, 0.15) is 11.9 Å². The van der Waals surface area contributed by atoms with Crippen LogP contribution in [0.4, 0.5) is 0 Å². The van der Waals surface area contributed by atoms with Crippen molar-refractivity contribution in [3.8, 4) is 0 Å². The molecule has 45 heavy (non-hydrogen) atoms. The van der Waals surface area contributed by atoms with E-state index in [-0.39, 0.29) is 80.6 Å². The van der Waals surface area contributed by atoms with Crippen LogP contribution >= 0.6 is 0 Å². The topological polar surface area (TPSA) is 148 Å². The molecule has 0 saturated heterocycles. The van der Waals surface area contributed by atoms with Crippen molar-refractivity contribution in [1.29, 1.82) is 0 Å². The standard InChI is InChI=1S/2C17H26O5.Ti/c2*1-11(2)20-16(18)14-9-7-8-10-15(14)17(19,21-12(3)4)22-13(5)6;/h2*7-13,16H,1-6H3;/q2*-2;+4. The van der Waals surface area contributed by atoms with Crippen LogP contribution in [0.15, 0.2) is 48.5 Å². The maximum Gasteiger partial charge on any atom is 4.00 e. The summed E-state index contributed by atoms with van der Waals surface area (Å²) in [6.45, 7) is 21.1. The molecular weight excluding hydrogens is 616 g/mol. The van der Waals surface area contributed by atoms with E-state index in [0.29, 0.717) is 0 Å². The van der Waals surface area contributed by atoms with Crippen molar-refractivity contribution >= 4 is 0 Å². The Morgan fingerprint density at radius 1 is 0.444 bits per heavy atom. The van der Waals surface area contributed by atoms with Crippen LogP contribution < -0.4 is 20.4 Å². The van der Waals surface area contributed by atoms with Crippen molar-refractivity contribution in [3.05, 3.63) is 70.8 Å². The molecule has 0 amide bonds. The molecule has 0 aromatic heterocycles. The van der Waals surface area contributed by atoms with Gasteiger partial charge in [0.2, 0.25) is 0 Å². The molecule has 10 nitrogen and oxygen atoms in total. The van der Waals surface area contributed by atoms with E-state index in [9.17, 15) is 20.4 Å². The third-order valence-corrected chi connectivity index (χ3v) is 5.44. The smallest absolute Gasteiger partial charge is 0.827 e. The van der Waals surface area contributed by atoms with Crippen molar-refractivity contribution < 1.29 is 70.6 Å². The Labute approximate surface area is 284 Å². The number of hydrogen-bond donors (Lipinski definition) is 0. The number of rotatable bonds is 16. The van der Waals surface area contributed by atoms with Crippen molar-refractivity contribution in [1.82, 2.24) is 0 Å². The predicted octanol–water partition coefficient (Wildman–Crippen LogP) is 3.58. The minimum absolute atomic E-state index is 0. The zero-order valence-electron chi connectivity index (χ0n) is 28.8. The van der Waals surface area contributed by atoms with Crippen LogP contribution in [-0.4, -0.2) is 36.6 Å². The molecule has 0 spiro atoms. The summed E-state index contributed by atoms with van der Waals surface area (Å²) >= 11 is 0. The van der Waals surface area contributed by atoms with Gasteiger partial charge in [-0.1, -0.05) is 48.5 Å². The zero-order valence-corrected chi connectivity index (χ0v) is 30.4. The van der Waals surface area contributed by atoms with E-state index in [2.05, 4.69) is 0 Å². The molecule has 2 aromatic rings. The van der Waals surface area contributed by atoms with Crippen LogP contribution in [0.2, 0.25) is 0 Å². The van der Waals surface area contributed by atoms with Crippen LogP contribution in [-0.2, 0) is 62.1 Å². The molecule has 252 valence electrons. The number of benzene rings is 2. The normalized spacial score (nSPS) is 13.8. The van der Waals surface area contributed by atoms with Gasteiger partial charge < -0.3 is 48.8 Å². The van der Waals surface area contributed by atoms with Crippen LogP contribution in [0.25, 0.3) is 0 Å². The van der Waals surface area contributed by atoms with E-state index in [0.717, 1.165) is 0 Å². The van der Waals surface area contributed by atoms with Gasteiger partial charge in [0.25, 0.3) is 0 Å². The molecule has 0 aliphatic carbocycles. The Bertz CT molecular complexity index is 985. The van der Waals surface area contributed by atoms with Crippen LogP contribution in [0.3, 0.4) is 0 Å². The Morgan fingerprint density at radius 3 is 0.911 bits per heavy atom. The summed E-state index contributed by atoms with van der Waals surface area (Å²) < 4.78 is 32.4. The monoisotopic (exact) mass is 668 g/mol. The second-order valence-corrected chi connectivity index (χ2v) is 12.0. The second-order valence-electron chi connectivity index (χ2n) is 12.0. The van der Waals surface area contributed by atoms with Crippen molar-refractivity contribution in [2.24, 2.45) is 0 Å². The minimum atomic E-state index is -2.23. The maximum absolute atomic E-state index is 13.1. The van der Waals surface area contributed by atoms with E-state index in [4.69, 9.17) is 28.4 Å². The molecule has 0 saturated carbocycles. The predicted molar refractivity (Wildman–Crippen MR) is 159 cm³/mol. The minimum Gasteiger partial charge on any atom is -0.827 e. The first-order valence-corrected chi connectivity index (χ1v) is 15.2. The van der Waals surface area contributed by atoms with Gasteiger partial charge in [0.15, 0.2) is 0 Å². The van der Waals surface area contributed by atoms with Crippen molar-refractivity contribution in [2.45, 2.75) is 144 Å². The van der Waals surface area contributed by atoms with E-state index in [1.54, 1.807) is 132 Å². The van der Waals surface area contributed by atoms with E-state index in [1.165, 1.54) is 0 Å². The first-order valence-electron chi connectivity index (χ1n) is 15.2. The Balaban J connectivity index is 0.000000842. The van der Waals surface area contributed by atoms with Gasteiger partial charge in [-0.15, -0.1) is 0 Å². The Kier molecular flexibility index (Phi) is 19.6. The molecule has 2 aromatic carbocycles. The van der Waals surface area contributed by atoms with Crippen molar-refractivity contribution in [2.75, 3.05) is 0 Å². The summed E-state index contributed by atoms with van der Waals surface area (Å²) in [7, 11) is 0. The summed E-state index contributed by atoms with van der Waals surface area (Å²) in [5, 5.41) is 50.8. The molecule has 2 rings (SSSR count).